The number of ether oxygens (including phenoxy) is 1. The van der Waals surface area contributed by atoms with Crippen molar-refractivity contribution >= 4 is 27.0 Å². The van der Waals surface area contributed by atoms with E-state index in [0.717, 1.165) is 21.6 Å². The van der Waals surface area contributed by atoms with Crippen molar-refractivity contribution in [2.45, 2.75) is 20.8 Å². The van der Waals surface area contributed by atoms with Gasteiger partial charge in [0.15, 0.2) is 5.71 Å². The molecule has 0 aliphatic rings. The minimum absolute atomic E-state index is 0.172. The predicted octanol–water partition coefficient (Wildman–Crippen LogP) is 1.49. The van der Waals surface area contributed by atoms with Crippen LogP contribution in [0.2, 0.25) is 0 Å². The van der Waals surface area contributed by atoms with E-state index in [4.69, 9.17) is 9.57 Å². The zero-order chi connectivity index (χ0) is 18.6. The van der Waals surface area contributed by atoms with Gasteiger partial charge < -0.3 is 14.9 Å². The van der Waals surface area contributed by atoms with E-state index >= 15 is 0 Å². The third-order valence-electron chi connectivity index (χ3n) is 4.42. The molecule has 0 unspecified atom stereocenters. The number of aryl methyl sites for hydroxylation is 1. The molecule has 0 saturated heterocycles. The van der Waals surface area contributed by atoms with Gasteiger partial charge in [0, 0.05) is 17.3 Å². The summed E-state index contributed by atoms with van der Waals surface area (Å²) >= 11 is 0. The van der Waals surface area contributed by atoms with Crippen molar-refractivity contribution in [2.75, 3.05) is 14.2 Å². The van der Waals surface area contributed by atoms with Crippen molar-refractivity contribution in [2.24, 2.45) is 5.16 Å². The summed E-state index contributed by atoms with van der Waals surface area (Å²) in [6.45, 7) is 6.26. The van der Waals surface area contributed by atoms with Crippen LogP contribution in [0.4, 0.5) is 0 Å². The molecule has 5 nitrogen and oxygen atoms in total. The van der Waals surface area contributed by atoms with Crippen LogP contribution < -0.4 is 15.2 Å². The number of nitrogens with zero attached hydrogens (tertiary/aromatic N) is 1. The van der Waals surface area contributed by atoms with Crippen LogP contribution in [-0.4, -0.2) is 36.0 Å². The van der Waals surface area contributed by atoms with Gasteiger partial charge in [-0.2, -0.15) is 0 Å². The summed E-state index contributed by atoms with van der Waals surface area (Å²) in [6.07, 6.45) is 0. The topological polar surface area (TPSA) is 59.9 Å². The lowest BCUT2D eigenvalue weighted by Crippen LogP contribution is -2.28. The average molecular weight is 356 g/mol. The van der Waals surface area contributed by atoms with Gasteiger partial charge >= 0.3 is 0 Å². The molecule has 2 rings (SSSR count). The zero-order valence-electron chi connectivity index (χ0n) is 15.6. The summed E-state index contributed by atoms with van der Waals surface area (Å²) in [5, 5.41) is 7.84. The Balaban J connectivity index is 2.53. The summed E-state index contributed by atoms with van der Waals surface area (Å²) in [6, 6.07) is 9.36. The normalized spacial score (nSPS) is 11.3. The van der Waals surface area contributed by atoms with E-state index in [9.17, 15) is 4.79 Å². The second-order valence-corrected chi connectivity index (χ2v) is 6.87. The number of nitrogens with one attached hydrogen (secondary N) is 1. The van der Waals surface area contributed by atoms with Crippen molar-refractivity contribution in [3.05, 3.63) is 52.6 Å². The van der Waals surface area contributed by atoms with Crippen LogP contribution in [0.5, 0.6) is 11.5 Å². The fourth-order valence-electron chi connectivity index (χ4n) is 2.57. The second kappa shape index (κ2) is 7.98. The Bertz CT molecular complexity index is 832. The maximum absolute atomic E-state index is 12.2. The van der Waals surface area contributed by atoms with E-state index in [1.54, 1.807) is 13.1 Å². The van der Waals surface area contributed by atoms with Crippen molar-refractivity contribution in [1.82, 2.24) is 5.32 Å². The number of para-hydroxylation sites is 1. The molecule has 2 aromatic carbocycles. The van der Waals surface area contributed by atoms with Gasteiger partial charge in [0.25, 0.3) is 5.91 Å². The highest BCUT2D eigenvalue weighted by molar-refractivity contribution is 6.45. The molecule has 0 bridgehead atoms. The molecule has 132 valence electrons. The first-order valence-corrected chi connectivity index (χ1v) is 9.08. The predicted molar refractivity (Wildman–Crippen MR) is 104 cm³/mol. The van der Waals surface area contributed by atoms with E-state index < -0.39 is 0 Å². The number of likely N-dealkylation sites (N-methyl/N-ethyl adjacent to an activating group) is 1. The van der Waals surface area contributed by atoms with Crippen molar-refractivity contribution < 1.29 is 14.4 Å². The molecule has 1 N–H and O–H groups in total. The lowest BCUT2D eigenvalue weighted by atomic mass is 10.0. The first-order chi connectivity index (χ1) is 11.9. The fraction of sp³-hybridized carbons (Fsp3) is 0.263. The third kappa shape index (κ3) is 3.91. The Morgan fingerprint density at radius 3 is 2.44 bits per heavy atom. The maximum atomic E-state index is 12.2. The number of benzene rings is 2. The monoisotopic (exact) mass is 356 g/mol. The van der Waals surface area contributed by atoms with E-state index in [-0.39, 0.29) is 11.6 Å². The largest absolute Gasteiger partial charge is 0.456 e. The lowest BCUT2D eigenvalue weighted by Gasteiger charge is -2.17. The van der Waals surface area contributed by atoms with E-state index in [0.29, 0.717) is 11.3 Å². The molecule has 0 aromatic heterocycles. The van der Waals surface area contributed by atoms with Crippen LogP contribution in [0.3, 0.4) is 0 Å². The summed E-state index contributed by atoms with van der Waals surface area (Å²) < 4.78 is 6.18. The first-order valence-electron chi connectivity index (χ1n) is 8.08. The number of carbonyl (C=O) groups is 1. The molecular formula is C19H24N2O3Si. The van der Waals surface area contributed by atoms with Crippen LogP contribution in [0.1, 0.15) is 22.3 Å². The first kappa shape index (κ1) is 18.7. The molecule has 0 aliphatic heterocycles. The minimum atomic E-state index is -0.336. The molecule has 0 spiro atoms. The SMILES string of the molecule is CNC(=O)C(=NOC)c1ccccc1Oc1cc(C)c([SiH3])c(C)c1C. The molecule has 1 amide bonds. The van der Waals surface area contributed by atoms with Crippen molar-refractivity contribution in [1.29, 1.82) is 0 Å². The van der Waals surface area contributed by atoms with E-state index in [1.807, 2.05) is 18.2 Å². The summed E-state index contributed by atoms with van der Waals surface area (Å²) in [5.41, 5.74) is 4.34. The molecule has 6 heteroatoms. The van der Waals surface area contributed by atoms with Crippen LogP contribution in [-0.2, 0) is 9.63 Å². The molecule has 0 fully saturated rings. The summed E-state index contributed by atoms with van der Waals surface area (Å²) in [4.78, 5) is 17.0. The molecular weight excluding hydrogens is 332 g/mol. The van der Waals surface area contributed by atoms with Gasteiger partial charge in [0.2, 0.25) is 0 Å². The van der Waals surface area contributed by atoms with Gasteiger partial charge in [0.1, 0.15) is 18.6 Å². The Labute approximate surface area is 151 Å². The lowest BCUT2D eigenvalue weighted by molar-refractivity contribution is -0.114. The highest BCUT2D eigenvalue weighted by atomic mass is 28.1. The van der Waals surface area contributed by atoms with Crippen LogP contribution in [0.15, 0.2) is 35.5 Å². The van der Waals surface area contributed by atoms with Gasteiger partial charge in [-0.25, -0.2) is 0 Å². The Morgan fingerprint density at radius 1 is 1.12 bits per heavy atom. The molecule has 25 heavy (non-hydrogen) atoms. The average Bonchev–Trinajstić information content (AvgIpc) is 2.62. The summed E-state index contributed by atoms with van der Waals surface area (Å²) in [5.74, 6) is 1.01. The highest BCUT2D eigenvalue weighted by Crippen LogP contribution is 2.30. The van der Waals surface area contributed by atoms with Gasteiger partial charge in [-0.1, -0.05) is 22.5 Å². The smallest absolute Gasteiger partial charge is 0.273 e. The van der Waals surface area contributed by atoms with E-state index in [2.05, 4.69) is 37.3 Å². The van der Waals surface area contributed by atoms with Gasteiger partial charge in [-0.15, -0.1) is 0 Å². The minimum Gasteiger partial charge on any atom is -0.456 e. The van der Waals surface area contributed by atoms with Gasteiger partial charge in [-0.05, 0) is 55.7 Å². The molecule has 0 heterocycles. The standard InChI is InChI=1S/C19H24N2O3Si/c1-11-10-16(12(2)13(3)18(11)25)24-15-9-7-6-8-14(15)17(21-23-5)19(22)20-4/h6-10H,1-5,25H3,(H,20,22). The van der Waals surface area contributed by atoms with Gasteiger partial charge in [-0.3, -0.25) is 4.79 Å². The maximum Gasteiger partial charge on any atom is 0.273 e. The van der Waals surface area contributed by atoms with Gasteiger partial charge in [0.05, 0.1) is 5.56 Å². The Kier molecular flexibility index (Phi) is 5.98. The van der Waals surface area contributed by atoms with Crippen LogP contribution >= 0.6 is 0 Å². The molecule has 2 aromatic rings. The van der Waals surface area contributed by atoms with Crippen LogP contribution in [0, 0.1) is 20.8 Å². The zero-order valence-corrected chi connectivity index (χ0v) is 17.6. The number of oxime groups is 1. The molecule has 0 saturated carbocycles. The number of hydrogen-bond donors (Lipinski definition) is 1. The van der Waals surface area contributed by atoms with E-state index in [1.165, 1.54) is 23.4 Å². The Hall–Kier alpha value is -2.60. The van der Waals surface area contributed by atoms with Crippen molar-refractivity contribution in [3.8, 4) is 11.5 Å². The quantitative estimate of drug-likeness (QED) is 0.502. The summed E-state index contributed by atoms with van der Waals surface area (Å²) in [7, 11) is 3.96. The number of rotatable bonds is 5. The Morgan fingerprint density at radius 2 is 1.80 bits per heavy atom. The van der Waals surface area contributed by atoms with Crippen LogP contribution in [0.25, 0.3) is 0 Å². The molecule has 0 radical (unpaired) electrons. The number of hydrogen-bond acceptors (Lipinski definition) is 4. The highest BCUT2D eigenvalue weighted by Gasteiger charge is 2.19. The molecule has 0 atom stereocenters. The number of amides is 1. The fourth-order valence-corrected chi connectivity index (χ4v) is 3.09. The second-order valence-electron chi connectivity index (χ2n) is 5.87. The van der Waals surface area contributed by atoms with Crippen molar-refractivity contribution in [3.63, 3.8) is 0 Å². The number of carbonyl (C=O) groups excluding carboxylic acids is 1. The third-order valence-corrected chi connectivity index (χ3v) is 5.96. The molecule has 0 aliphatic carbocycles.